The SMILES string of the molecule is Cc1ncc2c(c1CNC(=O)c1ccc(-n3ccnc3)cc1)CCNC2. The van der Waals surface area contributed by atoms with E-state index in [1.807, 2.05) is 48.1 Å². The maximum Gasteiger partial charge on any atom is 0.251 e. The van der Waals surface area contributed by atoms with Gasteiger partial charge in [-0.15, -0.1) is 0 Å². The molecule has 1 aliphatic heterocycles. The molecule has 3 aromatic rings. The molecule has 0 bridgehead atoms. The predicted octanol–water partition coefficient (Wildman–Crippen LogP) is 2.15. The molecule has 132 valence electrons. The van der Waals surface area contributed by atoms with E-state index in [1.54, 1.807) is 12.5 Å². The fraction of sp³-hybridized carbons (Fsp3) is 0.250. The number of hydrogen-bond acceptors (Lipinski definition) is 4. The van der Waals surface area contributed by atoms with Crippen molar-refractivity contribution in [3.63, 3.8) is 0 Å². The summed E-state index contributed by atoms with van der Waals surface area (Å²) >= 11 is 0. The van der Waals surface area contributed by atoms with Gasteiger partial charge in [-0.25, -0.2) is 4.98 Å². The Kier molecular flexibility index (Phi) is 4.50. The number of carbonyl (C=O) groups is 1. The Labute approximate surface area is 152 Å². The van der Waals surface area contributed by atoms with Crippen LogP contribution in [0.2, 0.25) is 0 Å². The molecule has 6 nitrogen and oxygen atoms in total. The van der Waals surface area contributed by atoms with Crippen LogP contribution in [0.15, 0.2) is 49.2 Å². The summed E-state index contributed by atoms with van der Waals surface area (Å²) in [7, 11) is 0. The van der Waals surface area contributed by atoms with E-state index in [0.29, 0.717) is 12.1 Å². The Morgan fingerprint density at radius 3 is 2.92 bits per heavy atom. The van der Waals surface area contributed by atoms with Crippen molar-refractivity contribution >= 4 is 5.91 Å². The highest BCUT2D eigenvalue weighted by atomic mass is 16.1. The number of aryl methyl sites for hydroxylation is 1. The molecule has 0 saturated carbocycles. The zero-order valence-corrected chi connectivity index (χ0v) is 14.7. The number of benzene rings is 1. The first-order valence-corrected chi connectivity index (χ1v) is 8.76. The molecule has 0 spiro atoms. The Morgan fingerprint density at radius 1 is 1.31 bits per heavy atom. The molecule has 6 heteroatoms. The van der Waals surface area contributed by atoms with E-state index in [-0.39, 0.29) is 5.91 Å². The van der Waals surface area contributed by atoms with Crippen LogP contribution in [0, 0.1) is 6.92 Å². The van der Waals surface area contributed by atoms with Crippen LogP contribution in [0.1, 0.15) is 32.7 Å². The lowest BCUT2D eigenvalue weighted by Gasteiger charge is -2.21. The summed E-state index contributed by atoms with van der Waals surface area (Å²) in [5.74, 6) is -0.0758. The fourth-order valence-electron chi connectivity index (χ4n) is 3.35. The monoisotopic (exact) mass is 347 g/mol. The molecule has 4 rings (SSSR count). The van der Waals surface area contributed by atoms with Crippen molar-refractivity contribution < 1.29 is 4.79 Å². The summed E-state index contributed by atoms with van der Waals surface area (Å²) in [4.78, 5) is 21.1. The first-order valence-electron chi connectivity index (χ1n) is 8.76. The number of fused-ring (bicyclic) bond motifs is 1. The molecule has 0 fully saturated rings. The van der Waals surface area contributed by atoms with Crippen molar-refractivity contribution in [3.8, 4) is 5.69 Å². The van der Waals surface area contributed by atoms with Crippen molar-refractivity contribution in [2.24, 2.45) is 0 Å². The molecule has 1 amide bonds. The summed E-state index contributed by atoms with van der Waals surface area (Å²) in [6.45, 7) is 4.32. The van der Waals surface area contributed by atoms with E-state index in [0.717, 1.165) is 36.5 Å². The molecule has 0 unspecified atom stereocenters. The van der Waals surface area contributed by atoms with E-state index in [2.05, 4.69) is 20.6 Å². The predicted molar refractivity (Wildman–Crippen MR) is 99.1 cm³/mol. The lowest BCUT2D eigenvalue weighted by molar-refractivity contribution is 0.0950. The van der Waals surface area contributed by atoms with Crippen molar-refractivity contribution in [2.45, 2.75) is 26.4 Å². The second kappa shape index (κ2) is 7.09. The van der Waals surface area contributed by atoms with Crippen LogP contribution in [-0.4, -0.2) is 27.0 Å². The van der Waals surface area contributed by atoms with E-state index in [1.165, 1.54) is 11.1 Å². The Hall–Kier alpha value is -2.99. The van der Waals surface area contributed by atoms with E-state index >= 15 is 0 Å². The van der Waals surface area contributed by atoms with Crippen molar-refractivity contribution in [1.29, 1.82) is 0 Å². The number of aromatic nitrogens is 3. The lowest BCUT2D eigenvalue weighted by Crippen LogP contribution is -2.28. The van der Waals surface area contributed by atoms with Gasteiger partial charge in [0.2, 0.25) is 0 Å². The molecule has 0 saturated heterocycles. The first kappa shape index (κ1) is 16.5. The topological polar surface area (TPSA) is 71.8 Å². The van der Waals surface area contributed by atoms with E-state index < -0.39 is 0 Å². The molecular formula is C20H21N5O. The van der Waals surface area contributed by atoms with Crippen molar-refractivity contribution in [3.05, 3.63) is 77.1 Å². The van der Waals surface area contributed by atoms with Crippen LogP contribution in [0.4, 0.5) is 0 Å². The summed E-state index contributed by atoms with van der Waals surface area (Å²) in [5, 5.41) is 6.40. The van der Waals surface area contributed by atoms with E-state index in [9.17, 15) is 4.79 Å². The second-order valence-corrected chi connectivity index (χ2v) is 6.45. The second-order valence-electron chi connectivity index (χ2n) is 6.45. The largest absolute Gasteiger partial charge is 0.348 e. The van der Waals surface area contributed by atoms with Gasteiger partial charge in [-0.1, -0.05) is 0 Å². The number of pyridine rings is 1. The van der Waals surface area contributed by atoms with Gasteiger partial charge >= 0.3 is 0 Å². The normalized spacial score (nSPS) is 13.3. The number of carbonyl (C=O) groups excluding carboxylic acids is 1. The Balaban J connectivity index is 1.48. The highest BCUT2D eigenvalue weighted by Gasteiger charge is 2.16. The highest BCUT2D eigenvalue weighted by Crippen LogP contribution is 2.20. The molecule has 3 heterocycles. The summed E-state index contributed by atoms with van der Waals surface area (Å²) < 4.78 is 1.90. The Morgan fingerprint density at radius 2 is 2.15 bits per heavy atom. The minimum atomic E-state index is -0.0758. The standard InChI is InChI=1S/C20H21N5O/c1-14-19(18-6-7-21-10-16(18)11-23-14)12-24-20(26)15-2-4-17(5-3-15)25-9-8-22-13-25/h2-5,8-9,11,13,21H,6-7,10,12H2,1H3,(H,24,26). The van der Waals surface area contributed by atoms with Crippen LogP contribution in [0.5, 0.6) is 0 Å². The number of nitrogens with zero attached hydrogens (tertiary/aromatic N) is 3. The smallest absolute Gasteiger partial charge is 0.251 e. The molecule has 0 radical (unpaired) electrons. The van der Waals surface area contributed by atoms with Crippen LogP contribution in [0.3, 0.4) is 0 Å². The van der Waals surface area contributed by atoms with Crippen LogP contribution < -0.4 is 10.6 Å². The average Bonchev–Trinajstić information content (AvgIpc) is 3.22. The fourth-order valence-corrected chi connectivity index (χ4v) is 3.35. The van der Waals surface area contributed by atoms with Gasteiger partial charge in [-0.3, -0.25) is 9.78 Å². The zero-order valence-electron chi connectivity index (χ0n) is 14.7. The third-order valence-corrected chi connectivity index (χ3v) is 4.83. The van der Waals surface area contributed by atoms with Crippen molar-refractivity contribution in [1.82, 2.24) is 25.2 Å². The first-order chi connectivity index (χ1) is 12.7. The minimum Gasteiger partial charge on any atom is -0.348 e. The van der Waals surface area contributed by atoms with Crippen LogP contribution in [0.25, 0.3) is 5.69 Å². The molecule has 0 atom stereocenters. The quantitative estimate of drug-likeness (QED) is 0.759. The van der Waals surface area contributed by atoms with Gasteiger partial charge in [0, 0.05) is 48.6 Å². The molecule has 1 aliphatic rings. The third-order valence-electron chi connectivity index (χ3n) is 4.83. The molecule has 2 aromatic heterocycles. The number of amides is 1. The Bertz CT molecular complexity index is 916. The van der Waals surface area contributed by atoms with Gasteiger partial charge in [0.15, 0.2) is 0 Å². The zero-order chi connectivity index (χ0) is 17.9. The van der Waals surface area contributed by atoms with Gasteiger partial charge in [-0.05, 0) is 60.8 Å². The van der Waals surface area contributed by atoms with Crippen LogP contribution in [-0.2, 0) is 19.5 Å². The lowest BCUT2D eigenvalue weighted by atomic mass is 9.96. The third kappa shape index (κ3) is 3.23. The molecule has 0 aliphatic carbocycles. The molecular weight excluding hydrogens is 326 g/mol. The molecule has 1 aromatic carbocycles. The van der Waals surface area contributed by atoms with Crippen molar-refractivity contribution in [2.75, 3.05) is 6.54 Å². The van der Waals surface area contributed by atoms with Gasteiger partial charge in [-0.2, -0.15) is 0 Å². The number of imidazole rings is 1. The van der Waals surface area contributed by atoms with Gasteiger partial charge < -0.3 is 15.2 Å². The molecule has 26 heavy (non-hydrogen) atoms. The maximum absolute atomic E-state index is 12.5. The minimum absolute atomic E-state index is 0.0758. The maximum atomic E-state index is 12.5. The summed E-state index contributed by atoms with van der Waals surface area (Å²) in [5.41, 5.74) is 6.31. The average molecular weight is 347 g/mol. The number of rotatable bonds is 4. The van der Waals surface area contributed by atoms with Gasteiger partial charge in [0.05, 0.1) is 6.33 Å². The summed E-state index contributed by atoms with van der Waals surface area (Å²) in [6.07, 6.45) is 8.25. The number of nitrogens with one attached hydrogen (secondary N) is 2. The number of hydrogen-bond donors (Lipinski definition) is 2. The highest BCUT2D eigenvalue weighted by molar-refractivity contribution is 5.94. The molecule has 2 N–H and O–H groups in total. The van der Waals surface area contributed by atoms with E-state index in [4.69, 9.17) is 0 Å². The van der Waals surface area contributed by atoms with Gasteiger partial charge in [0.1, 0.15) is 0 Å². The summed E-state index contributed by atoms with van der Waals surface area (Å²) in [6, 6.07) is 7.50. The van der Waals surface area contributed by atoms with Crippen LogP contribution >= 0.6 is 0 Å². The van der Waals surface area contributed by atoms with Gasteiger partial charge in [0.25, 0.3) is 5.91 Å².